The molecule has 0 aromatic heterocycles. The van der Waals surface area contributed by atoms with Gasteiger partial charge in [0.1, 0.15) is 11.5 Å². The Morgan fingerprint density at radius 2 is 1.69 bits per heavy atom. The number of benzene rings is 2. The number of aryl methyl sites for hydroxylation is 1. The van der Waals surface area contributed by atoms with E-state index in [0.29, 0.717) is 6.54 Å². The zero-order chi connectivity index (χ0) is 18.1. The predicted octanol–water partition coefficient (Wildman–Crippen LogP) is 3.54. The molecule has 0 saturated carbocycles. The zero-order valence-electron chi connectivity index (χ0n) is 15.8. The van der Waals surface area contributed by atoms with E-state index in [1.165, 1.54) is 11.1 Å². The molecule has 0 radical (unpaired) electrons. The second-order valence-corrected chi connectivity index (χ2v) is 5.73. The minimum atomic E-state index is 0. The molecule has 0 unspecified atom stereocenters. The highest BCUT2D eigenvalue weighted by Crippen LogP contribution is 2.19. The van der Waals surface area contributed by atoms with Crippen molar-refractivity contribution in [3.63, 3.8) is 0 Å². The van der Waals surface area contributed by atoms with Crippen LogP contribution in [0.2, 0.25) is 0 Å². The van der Waals surface area contributed by atoms with E-state index in [1.54, 1.807) is 21.3 Å². The quantitative estimate of drug-likeness (QED) is 0.370. The molecule has 0 fully saturated rings. The minimum Gasteiger partial charge on any atom is -0.496 e. The van der Waals surface area contributed by atoms with E-state index in [9.17, 15) is 0 Å². The molecule has 26 heavy (non-hydrogen) atoms. The maximum atomic E-state index is 5.44. The Balaban J connectivity index is 0.00000338. The van der Waals surface area contributed by atoms with Gasteiger partial charge in [0, 0.05) is 25.7 Å². The van der Waals surface area contributed by atoms with Crippen LogP contribution in [0, 0.1) is 6.92 Å². The van der Waals surface area contributed by atoms with Crippen LogP contribution in [0.1, 0.15) is 16.7 Å². The van der Waals surface area contributed by atoms with Crippen LogP contribution in [0.4, 0.5) is 0 Å². The third-order valence-corrected chi connectivity index (χ3v) is 3.99. The summed E-state index contributed by atoms with van der Waals surface area (Å²) in [6.45, 7) is 3.47. The normalized spacial score (nSPS) is 10.7. The first-order chi connectivity index (χ1) is 12.2. The second-order valence-electron chi connectivity index (χ2n) is 5.73. The van der Waals surface area contributed by atoms with Gasteiger partial charge in [-0.1, -0.05) is 30.3 Å². The van der Waals surface area contributed by atoms with Crippen LogP contribution in [0.3, 0.4) is 0 Å². The van der Waals surface area contributed by atoms with Gasteiger partial charge in [-0.2, -0.15) is 0 Å². The lowest BCUT2D eigenvalue weighted by molar-refractivity contribution is 0.408. The molecular weight excluding hydrogens is 441 g/mol. The van der Waals surface area contributed by atoms with Crippen molar-refractivity contribution in [3.8, 4) is 11.5 Å². The summed E-state index contributed by atoms with van der Waals surface area (Å²) in [5.41, 5.74) is 3.45. The summed E-state index contributed by atoms with van der Waals surface area (Å²) in [5, 5.41) is 6.65. The lowest BCUT2D eigenvalue weighted by atomic mass is 10.1. The monoisotopic (exact) mass is 469 g/mol. The van der Waals surface area contributed by atoms with Gasteiger partial charge in [0.15, 0.2) is 5.96 Å². The Hall–Kier alpha value is -1.96. The smallest absolute Gasteiger partial charge is 0.191 e. The summed E-state index contributed by atoms with van der Waals surface area (Å²) in [6.07, 6.45) is 0.860. The molecule has 2 N–H and O–H groups in total. The average Bonchev–Trinajstić information content (AvgIpc) is 2.65. The lowest BCUT2D eigenvalue weighted by Crippen LogP contribution is -2.37. The first-order valence-corrected chi connectivity index (χ1v) is 8.38. The van der Waals surface area contributed by atoms with Gasteiger partial charge in [0.25, 0.3) is 0 Å². The predicted molar refractivity (Wildman–Crippen MR) is 118 cm³/mol. The lowest BCUT2D eigenvalue weighted by Gasteiger charge is -2.15. The van der Waals surface area contributed by atoms with Gasteiger partial charge in [-0.25, -0.2) is 0 Å². The van der Waals surface area contributed by atoms with Crippen molar-refractivity contribution in [3.05, 3.63) is 59.2 Å². The number of ether oxygens (including phenoxy) is 2. The highest BCUT2D eigenvalue weighted by Gasteiger charge is 2.05. The molecule has 2 aromatic rings. The summed E-state index contributed by atoms with van der Waals surface area (Å²) in [4.78, 5) is 4.27. The van der Waals surface area contributed by atoms with Crippen LogP contribution in [0.5, 0.6) is 11.5 Å². The van der Waals surface area contributed by atoms with E-state index >= 15 is 0 Å². The molecule has 0 spiro atoms. The van der Waals surface area contributed by atoms with Crippen molar-refractivity contribution in [2.75, 3.05) is 27.8 Å². The minimum absolute atomic E-state index is 0. The summed E-state index contributed by atoms with van der Waals surface area (Å²) in [7, 11) is 5.16. The number of halogens is 1. The number of hydrogen-bond donors (Lipinski definition) is 2. The Morgan fingerprint density at radius 1 is 0.962 bits per heavy atom. The molecule has 0 aliphatic carbocycles. The summed E-state index contributed by atoms with van der Waals surface area (Å²) < 4.78 is 10.8. The van der Waals surface area contributed by atoms with Gasteiger partial charge in [-0.3, -0.25) is 4.99 Å². The van der Waals surface area contributed by atoms with E-state index in [4.69, 9.17) is 9.47 Å². The zero-order valence-corrected chi connectivity index (χ0v) is 18.2. The number of para-hydroxylation sites is 1. The molecule has 0 atom stereocenters. The molecular formula is C20H28IN3O2. The molecule has 0 heterocycles. The van der Waals surface area contributed by atoms with Crippen LogP contribution in [-0.2, 0) is 13.0 Å². The fraction of sp³-hybridized carbons (Fsp3) is 0.350. The van der Waals surface area contributed by atoms with Crippen LogP contribution < -0.4 is 20.1 Å². The van der Waals surface area contributed by atoms with Crippen molar-refractivity contribution in [2.24, 2.45) is 4.99 Å². The third-order valence-electron chi connectivity index (χ3n) is 3.99. The van der Waals surface area contributed by atoms with Crippen molar-refractivity contribution in [1.29, 1.82) is 0 Å². The number of rotatable bonds is 7. The first-order valence-electron chi connectivity index (χ1n) is 8.38. The molecule has 0 aliphatic heterocycles. The van der Waals surface area contributed by atoms with Crippen LogP contribution in [0.25, 0.3) is 0 Å². The summed E-state index contributed by atoms with van der Waals surface area (Å²) in [6, 6.07) is 14.2. The van der Waals surface area contributed by atoms with Crippen molar-refractivity contribution < 1.29 is 9.47 Å². The van der Waals surface area contributed by atoms with Gasteiger partial charge in [0.05, 0.1) is 14.2 Å². The van der Waals surface area contributed by atoms with Gasteiger partial charge in [0.2, 0.25) is 0 Å². The Bertz CT molecular complexity index is 720. The third kappa shape index (κ3) is 6.40. The number of guanidine groups is 1. The Morgan fingerprint density at radius 3 is 2.38 bits per heavy atom. The molecule has 6 heteroatoms. The summed E-state index contributed by atoms with van der Waals surface area (Å²) >= 11 is 0. The maximum absolute atomic E-state index is 5.44. The van der Waals surface area contributed by atoms with E-state index in [0.717, 1.165) is 36.0 Å². The Kier molecular flexibility index (Phi) is 9.87. The average molecular weight is 469 g/mol. The molecule has 0 amide bonds. The van der Waals surface area contributed by atoms with Crippen LogP contribution in [-0.4, -0.2) is 33.8 Å². The molecule has 5 nitrogen and oxygen atoms in total. The molecule has 142 valence electrons. The van der Waals surface area contributed by atoms with E-state index in [-0.39, 0.29) is 24.0 Å². The molecule has 2 aromatic carbocycles. The molecule has 0 bridgehead atoms. The molecule has 0 saturated heterocycles. The first kappa shape index (κ1) is 22.1. The van der Waals surface area contributed by atoms with Gasteiger partial charge in [-0.15, -0.1) is 24.0 Å². The van der Waals surface area contributed by atoms with E-state index < -0.39 is 0 Å². The van der Waals surface area contributed by atoms with Crippen molar-refractivity contribution >= 4 is 29.9 Å². The fourth-order valence-corrected chi connectivity index (χ4v) is 2.62. The number of aliphatic imine (C=N–C) groups is 1. The van der Waals surface area contributed by atoms with Gasteiger partial charge >= 0.3 is 0 Å². The van der Waals surface area contributed by atoms with Crippen LogP contribution in [0.15, 0.2) is 47.5 Å². The van der Waals surface area contributed by atoms with E-state index in [2.05, 4.69) is 40.7 Å². The van der Waals surface area contributed by atoms with Crippen LogP contribution >= 0.6 is 24.0 Å². The molecule has 2 rings (SSSR count). The topological polar surface area (TPSA) is 54.9 Å². The fourth-order valence-electron chi connectivity index (χ4n) is 2.62. The van der Waals surface area contributed by atoms with Crippen molar-refractivity contribution in [2.45, 2.75) is 19.9 Å². The second kappa shape index (κ2) is 11.6. The standard InChI is InChI=1S/C20H27N3O2.HI/c1-15-9-10-17(19(13-15)25-4)14-23-20(21-2)22-12-11-16-7-5-6-8-18(16)24-3;/h5-10,13H,11-12,14H2,1-4H3,(H2,21,22,23);1H. The number of nitrogens with one attached hydrogen (secondary N) is 2. The highest BCUT2D eigenvalue weighted by atomic mass is 127. The maximum Gasteiger partial charge on any atom is 0.191 e. The number of methoxy groups -OCH3 is 2. The largest absolute Gasteiger partial charge is 0.496 e. The summed E-state index contributed by atoms with van der Waals surface area (Å²) in [5.74, 6) is 2.56. The van der Waals surface area contributed by atoms with Crippen molar-refractivity contribution in [1.82, 2.24) is 10.6 Å². The van der Waals surface area contributed by atoms with E-state index in [1.807, 2.05) is 24.3 Å². The SMILES string of the molecule is CN=C(NCCc1ccccc1OC)NCc1ccc(C)cc1OC.I. The molecule has 0 aliphatic rings. The van der Waals surface area contributed by atoms with Gasteiger partial charge in [-0.05, 0) is 36.6 Å². The van der Waals surface area contributed by atoms with Gasteiger partial charge < -0.3 is 20.1 Å². The number of hydrogen-bond acceptors (Lipinski definition) is 3. The Labute approximate surface area is 173 Å². The number of nitrogens with zero attached hydrogens (tertiary/aromatic N) is 1. The highest BCUT2D eigenvalue weighted by molar-refractivity contribution is 14.0.